The number of carbonyl (C=O) groups excluding carboxylic acids is 2. The molecule has 2 amide bonds. The fourth-order valence-electron chi connectivity index (χ4n) is 2.01. The van der Waals surface area contributed by atoms with Crippen molar-refractivity contribution in [3.63, 3.8) is 0 Å². The topological polar surface area (TPSA) is 82.5 Å². The van der Waals surface area contributed by atoms with Crippen LogP contribution in [0, 0.1) is 11.8 Å². The average molecular weight is 273 g/mol. The van der Waals surface area contributed by atoms with E-state index in [9.17, 15) is 9.59 Å². The molecule has 1 aromatic heterocycles. The molecule has 1 atom stereocenters. The third-order valence-electron chi connectivity index (χ3n) is 3.07. The van der Waals surface area contributed by atoms with Gasteiger partial charge in [-0.15, -0.1) is 0 Å². The van der Waals surface area contributed by atoms with Gasteiger partial charge in [0.15, 0.2) is 0 Å². The van der Waals surface area contributed by atoms with Crippen molar-refractivity contribution in [3.05, 3.63) is 29.6 Å². The summed E-state index contributed by atoms with van der Waals surface area (Å²) in [6, 6.07) is 2.80. The SMILES string of the molecule is CC1C(=O)NCCN1C(=O)c1ncccc1C#CCO. The molecule has 104 valence electrons. The second-order valence-corrected chi connectivity index (χ2v) is 4.33. The molecule has 0 bridgehead atoms. The summed E-state index contributed by atoms with van der Waals surface area (Å²) in [6.45, 7) is 2.26. The number of hydrogen-bond donors (Lipinski definition) is 2. The minimum atomic E-state index is -0.531. The Balaban J connectivity index is 2.31. The molecule has 0 aliphatic carbocycles. The van der Waals surface area contributed by atoms with E-state index in [1.54, 1.807) is 19.1 Å². The summed E-state index contributed by atoms with van der Waals surface area (Å²) in [7, 11) is 0. The fourth-order valence-corrected chi connectivity index (χ4v) is 2.01. The number of amides is 2. The van der Waals surface area contributed by atoms with Gasteiger partial charge in [0.1, 0.15) is 18.3 Å². The Hall–Kier alpha value is -2.39. The zero-order chi connectivity index (χ0) is 14.5. The maximum Gasteiger partial charge on any atom is 0.274 e. The third kappa shape index (κ3) is 2.78. The summed E-state index contributed by atoms with van der Waals surface area (Å²) in [5.74, 6) is 4.70. The summed E-state index contributed by atoms with van der Waals surface area (Å²) in [4.78, 5) is 29.6. The van der Waals surface area contributed by atoms with E-state index in [0.29, 0.717) is 18.7 Å². The molecule has 2 N–H and O–H groups in total. The Kier molecular flexibility index (Phi) is 4.33. The number of nitrogens with one attached hydrogen (secondary N) is 1. The standard InChI is InChI=1S/C14H15N3O3/c1-10-13(19)16-7-8-17(10)14(20)12-11(5-3-9-18)4-2-6-15-12/h2,4,6,10,18H,7-9H2,1H3,(H,16,19). The number of nitrogens with zero attached hydrogens (tertiary/aromatic N) is 2. The van der Waals surface area contributed by atoms with E-state index < -0.39 is 6.04 Å². The Labute approximate surface area is 116 Å². The lowest BCUT2D eigenvalue weighted by molar-refractivity contribution is -0.127. The van der Waals surface area contributed by atoms with Crippen LogP contribution in [-0.4, -0.2) is 52.5 Å². The van der Waals surface area contributed by atoms with Gasteiger partial charge in [0.2, 0.25) is 5.91 Å². The Morgan fingerprint density at radius 3 is 3.20 bits per heavy atom. The monoisotopic (exact) mass is 273 g/mol. The van der Waals surface area contributed by atoms with Gasteiger partial charge in [0.25, 0.3) is 5.91 Å². The van der Waals surface area contributed by atoms with Crippen LogP contribution in [0.2, 0.25) is 0 Å². The molecule has 6 nitrogen and oxygen atoms in total. The van der Waals surface area contributed by atoms with Gasteiger partial charge < -0.3 is 15.3 Å². The van der Waals surface area contributed by atoms with E-state index >= 15 is 0 Å². The molecule has 0 radical (unpaired) electrons. The van der Waals surface area contributed by atoms with Gasteiger partial charge in [-0.1, -0.05) is 11.8 Å². The third-order valence-corrected chi connectivity index (χ3v) is 3.07. The second-order valence-electron chi connectivity index (χ2n) is 4.33. The van der Waals surface area contributed by atoms with Gasteiger partial charge in [-0.3, -0.25) is 9.59 Å². The highest BCUT2D eigenvalue weighted by atomic mass is 16.2. The average Bonchev–Trinajstić information content (AvgIpc) is 2.47. The highest BCUT2D eigenvalue weighted by Crippen LogP contribution is 2.12. The van der Waals surface area contributed by atoms with Crippen molar-refractivity contribution in [2.24, 2.45) is 0 Å². The number of hydrogen-bond acceptors (Lipinski definition) is 4. The molecule has 1 saturated heterocycles. The van der Waals surface area contributed by atoms with Crippen molar-refractivity contribution in [2.75, 3.05) is 19.7 Å². The Morgan fingerprint density at radius 2 is 2.45 bits per heavy atom. The van der Waals surface area contributed by atoms with Crippen LogP contribution in [0.3, 0.4) is 0 Å². The van der Waals surface area contributed by atoms with Crippen molar-refractivity contribution in [3.8, 4) is 11.8 Å². The second kappa shape index (κ2) is 6.17. The van der Waals surface area contributed by atoms with Gasteiger partial charge in [0.05, 0.1) is 5.56 Å². The van der Waals surface area contributed by atoms with Crippen molar-refractivity contribution < 1.29 is 14.7 Å². The first-order valence-corrected chi connectivity index (χ1v) is 6.28. The van der Waals surface area contributed by atoms with E-state index in [1.807, 2.05) is 0 Å². The number of aromatic nitrogens is 1. The molecule has 20 heavy (non-hydrogen) atoms. The van der Waals surface area contributed by atoms with Gasteiger partial charge in [0, 0.05) is 19.3 Å². The lowest BCUT2D eigenvalue weighted by Crippen LogP contribution is -2.56. The lowest BCUT2D eigenvalue weighted by Gasteiger charge is -2.32. The Morgan fingerprint density at radius 1 is 1.65 bits per heavy atom. The van der Waals surface area contributed by atoms with Crippen LogP contribution >= 0.6 is 0 Å². The number of piperazine rings is 1. The molecule has 6 heteroatoms. The first-order valence-electron chi connectivity index (χ1n) is 6.28. The molecule has 1 aliphatic heterocycles. The van der Waals surface area contributed by atoms with Crippen LogP contribution in [-0.2, 0) is 4.79 Å². The molecule has 1 aromatic rings. The van der Waals surface area contributed by atoms with E-state index in [-0.39, 0.29) is 24.1 Å². The van der Waals surface area contributed by atoms with Crippen LogP contribution in [0.15, 0.2) is 18.3 Å². The number of aliphatic hydroxyl groups is 1. The predicted molar refractivity (Wildman–Crippen MR) is 71.7 cm³/mol. The first kappa shape index (κ1) is 14.0. The van der Waals surface area contributed by atoms with E-state index in [4.69, 9.17) is 5.11 Å². The van der Waals surface area contributed by atoms with E-state index in [2.05, 4.69) is 22.1 Å². The van der Waals surface area contributed by atoms with Crippen molar-refractivity contribution in [2.45, 2.75) is 13.0 Å². The molecule has 1 fully saturated rings. The summed E-state index contributed by atoms with van der Waals surface area (Å²) < 4.78 is 0. The van der Waals surface area contributed by atoms with Gasteiger partial charge in [-0.25, -0.2) is 4.98 Å². The minimum Gasteiger partial charge on any atom is -0.384 e. The summed E-state index contributed by atoms with van der Waals surface area (Å²) in [5, 5.41) is 11.4. The number of pyridine rings is 1. The first-order chi connectivity index (χ1) is 9.65. The van der Waals surface area contributed by atoms with Crippen LogP contribution in [0.25, 0.3) is 0 Å². The molecule has 1 aliphatic rings. The molecule has 0 spiro atoms. The Bertz CT molecular complexity index is 589. The summed E-state index contributed by atoms with van der Waals surface area (Å²) in [5.41, 5.74) is 0.653. The zero-order valence-corrected chi connectivity index (χ0v) is 11.1. The van der Waals surface area contributed by atoms with E-state index in [1.165, 1.54) is 11.1 Å². The molecule has 0 saturated carbocycles. The molecule has 2 rings (SSSR count). The predicted octanol–water partition coefficient (Wildman–Crippen LogP) is -0.614. The van der Waals surface area contributed by atoms with Crippen molar-refractivity contribution in [1.29, 1.82) is 0 Å². The zero-order valence-electron chi connectivity index (χ0n) is 11.1. The molecule has 2 heterocycles. The lowest BCUT2D eigenvalue weighted by atomic mass is 10.1. The van der Waals surface area contributed by atoms with Gasteiger partial charge in [-0.2, -0.15) is 0 Å². The number of rotatable bonds is 1. The van der Waals surface area contributed by atoms with Crippen LogP contribution in [0.5, 0.6) is 0 Å². The van der Waals surface area contributed by atoms with Crippen molar-refractivity contribution >= 4 is 11.8 Å². The minimum absolute atomic E-state index is 0.177. The summed E-state index contributed by atoms with van der Waals surface area (Å²) >= 11 is 0. The van der Waals surface area contributed by atoms with Crippen LogP contribution in [0.1, 0.15) is 23.0 Å². The molecular formula is C14H15N3O3. The normalized spacial score (nSPS) is 18.0. The largest absolute Gasteiger partial charge is 0.384 e. The molecule has 1 unspecified atom stereocenters. The number of carbonyl (C=O) groups is 2. The van der Waals surface area contributed by atoms with Gasteiger partial charge >= 0.3 is 0 Å². The van der Waals surface area contributed by atoms with Gasteiger partial charge in [-0.05, 0) is 19.1 Å². The van der Waals surface area contributed by atoms with Crippen LogP contribution in [0.4, 0.5) is 0 Å². The van der Waals surface area contributed by atoms with E-state index in [0.717, 1.165) is 0 Å². The van der Waals surface area contributed by atoms with Crippen LogP contribution < -0.4 is 5.32 Å². The fraction of sp³-hybridized carbons (Fsp3) is 0.357. The maximum atomic E-state index is 12.5. The molecular weight excluding hydrogens is 258 g/mol. The number of aliphatic hydroxyl groups excluding tert-OH is 1. The highest BCUT2D eigenvalue weighted by molar-refractivity contribution is 5.98. The summed E-state index contributed by atoms with van der Waals surface area (Å²) in [6.07, 6.45) is 1.51. The smallest absolute Gasteiger partial charge is 0.274 e. The quantitative estimate of drug-likeness (QED) is 0.668. The van der Waals surface area contributed by atoms with Crippen molar-refractivity contribution in [1.82, 2.24) is 15.2 Å². The molecule has 0 aromatic carbocycles. The maximum absolute atomic E-state index is 12.5. The highest BCUT2D eigenvalue weighted by Gasteiger charge is 2.31.